The molecule has 1 amide bonds. The predicted octanol–water partition coefficient (Wildman–Crippen LogP) is 6.41. The maximum Gasteiger partial charge on any atom is 0.275 e. The van der Waals surface area contributed by atoms with Crippen LogP contribution in [-0.4, -0.2) is 24.2 Å². The molecule has 0 saturated carbocycles. The van der Waals surface area contributed by atoms with Crippen molar-refractivity contribution in [2.45, 2.75) is 6.61 Å². The number of carbonyl (C=O) groups is 1. The summed E-state index contributed by atoms with van der Waals surface area (Å²) in [6.07, 6.45) is 1.41. The SMILES string of the molecule is COc1cc2ccccc2cc1C(=O)N/N=C\c1cc(Cl)c(OCc2ccc([N+](=O)[O-])cc2)c(Cl)c1. The Morgan fingerprint density at radius 3 is 2.28 bits per heavy atom. The number of hydrogen-bond acceptors (Lipinski definition) is 6. The predicted molar refractivity (Wildman–Crippen MR) is 139 cm³/mol. The second kappa shape index (κ2) is 11.1. The van der Waals surface area contributed by atoms with Gasteiger partial charge in [-0.25, -0.2) is 5.43 Å². The lowest BCUT2D eigenvalue weighted by Gasteiger charge is -2.11. The number of nitrogens with one attached hydrogen (secondary N) is 1. The maximum atomic E-state index is 12.7. The zero-order valence-electron chi connectivity index (χ0n) is 18.9. The van der Waals surface area contributed by atoms with Crippen LogP contribution in [0.3, 0.4) is 0 Å². The average molecular weight is 524 g/mol. The van der Waals surface area contributed by atoms with Crippen LogP contribution in [-0.2, 0) is 6.61 Å². The summed E-state index contributed by atoms with van der Waals surface area (Å²) in [7, 11) is 1.50. The largest absolute Gasteiger partial charge is 0.496 e. The second-order valence-electron chi connectivity index (χ2n) is 7.62. The highest BCUT2D eigenvalue weighted by molar-refractivity contribution is 6.37. The highest BCUT2D eigenvalue weighted by Gasteiger charge is 2.14. The first-order valence-corrected chi connectivity index (χ1v) is 11.4. The lowest BCUT2D eigenvalue weighted by Crippen LogP contribution is -2.18. The minimum atomic E-state index is -0.473. The average Bonchev–Trinajstić information content (AvgIpc) is 2.87. The third kappa shape index (κ3) is 5.73. The molecule has 182 valence electrons. The summed E-state index contributed by atoms with van der Waals surface area (Å²) in [5, 5.41) is 17.1. The van der Waals surface area contributed by atoms with Crippen molar-refractivity contribution in [3.63, 3.8) is 0 Å². The van der Waals surface area contributed by atoms with Crippen molar-refractivity contribution in [1.29, 1.82) is 0 Å². The van der Waals surface area contributed by atoms with Gasteiger partial charge in [0.05, 0.1) is 33.9 Å². The first-order valence-electron chi connectivity index (χ1n) is 10.6. The molecule has 0 aliphatic rings. The Bertz CT molecular complexity index is 1450. The Kier molecular flexibility index (Phi) is 7.68. The molecular formula is C26H19Cl2N3O5. The van der Waals surface area contributed by atoms with Crippen molar-refractivity contribution >= 4 is 51.8 Å². The number of amides is 1. The van der Waals surface area contributed by atoms with Crippen LogP contribution in [0.25, 0.3) is 10.8 Å². The molecule has 0 bridgehead atoms. The summed E-state index contributed by atoms with van der Waals surface area (Å²) in [5.74, 6) is 0.259. The maximum absolute atomic E-state index is 12.7. The fourth-order valence-corrected chi connectivity index (χ4v) is 4.07. The Morgan fingerprint density at radius 1 is 1.03 bits per heavy atom. The van der Waals surface area contributed by atoms with Crippen LogP contribution in [0.1, 0.15) is 21.5 Å². The zero-order valence-corrected chi connectivity index (χ0v) is 20.4. The van der Waals surface area contributed by atoms with Crippen LogP contribution >= 0.6 is 23.2 Å². The highest BCUT2D eigenvalue weighted by atomic mass is 35.5. The summed E-state index contributed by atoms with van der Waals surface area (Å²) in [6.45, 7) is 0.120. The van der Waals surface area contributed by atoms with E-state index < -0.39 is 10.8 Å². The molecule has 0 fully saturated rings. The van der Waals surface area contributed by atoms with Gasteiger partial charge >= 0.3 is 0 Å². The Hall–Kier alpha value is -4.14. The molecule has 1 N–H and O–H groups in total. The van der Waals surface area contributed by atoms with Crippen molar-refractivity contribution < 1.29 is 19.2 Å². The zero-order chi connectivity index (χ0) is 25.7. The van der Waals surface area contributed by atoms with E-state index in [9.17, 15) is 14.9 Å². The van der Waals surface area contributed by atoms with Crippen molar-refractivity contribution in [2.75, 3.05) is 7.11 Å². The van der Waals surface area contributed by atoms with E-state index in [-0.39, 0.29) is 28.1 Å². The van der Waals surface area contributed by atoms with E-state index in [1.165, 1.54) is 25.5 Å². The van der Waals surface area contributed by atoms with E-state index in [0.717, 1.165) is 10.8 Å². The smallest absolute Gasteiger partial charge is 0.275 e. The minimum Gasteiger partial charge on any atom is -0.496 e. The number of nitrogens with zero attached hydrogens (tertiary/aromatic N) is 2. The molecule has 0 unspecified atom stereocenters. The molecule has 0 atom stereocenters. The lowest BCUT2D eigenvalue weighted by molar-refractivity contribution is -0.384. The molecule has 4 aromatic carbocycles. The van der Waals surface area contributed by atoms with Crippen molar-refractivity contribution in [3.05, 3.63) is 110 Å². The number of fused-ring (bicyclic) bond motifs is 1. The van der Waals surface area contributed by atoms with Crippen LogP contribution in [0.15, 0.2) is 77.9 Å². The third-order valence-corrected chi connectivity index (χ3v) is 5.80. The van der Waals surface area contributed by atoms with E-state index in [1.54, 1.807) is 36.4 Å². The number of hydrazone groups is 1. The molecule has 4 aromatic rings. The van der Waals surface area contributed by atoms with Crippen LogP contribution in [0.2, 0.25) is 10.0 Å². The van der Waals surface area contributed by atoms with Gasteiger partial charge in [-0.05, 0) is 58.3 Å². The topological polar surface area (TPSA) is 103 Å². The molecule has 0 aromatic heterocycles. The molecule has 0 aliphatic carbocycles. The van der Waals surface area contributed by atoms with Gasteiger partial charge in [-0.3, -0.25) is 14.9 Å². The molecular weight excluding hydrogens is 505 g/mol. The fraction of sp³-hybridized carbons (Fsp3) is 0.0769. The number of methoxy groups -OCH3 is 1. The van der Waals surface area contributed by atoms with Crippen molar-refractivity contribution in [3.8, 4) is 11.5 Å². The molecule has 36 heavy (non-hydrogen) atoms. The summed E-state index contributed by atoms with van der Waals surface area (Å²) in [5.41, 5.74) is 4.08. The molecule has 10 heteroatoms. The van der Waals surface area contributed by atoms with Crippen LogP contribution in [0, 0.1) is 10.1 Å². The van der Waals surface area contributed by atoms with Gasteiger partial charge in [0.25, 0.3) is 11.6 Å². The van der Waals surface area contributed by atoms with Crippen LogP contribution in [0.4, 0.5) is 5.69 Å². The fourth-order valence-electron chi connectivity index (χ4n) is 3.45. The number of benzene rings is 4. The first-order chi connectivity index (χ1) is 17.4. The minimum absolute atomic E-state index is 0.00962. The van der Waals surface area contributed by atoms with Crippen LogP contribution in [0.5, 0.6) is 11.5 Å². The van der Waals surface area contributed by atoms with Gasteiger partial charge in [0, 0.05) is 12.1 Å². The van der Waals surface area contributed by atoms with Gasteiger partial charge in [-0.15, -0.1) is 0 Å². The van der Waals surface area contributed by atoms with Gasteiger partial charge in [0.1, 0.15) is 12.4 Å². The van der Waals surface area contributed by atoms with Crippen molar-refractivity contribution in [1.82, 2.24) is 5.43 Å². The van der Waals surface area contributed by atoms with Gasteiger partial charge in [-0.1, -0.05) is 47.5 Å². The number of nitro benzene ring substituents is 1. The molecule has 0 saturated heterocycles. The van der Waals surface area contributed by atoms with E-state index >= 15 is 0 Å². The van der Waals surface area contributed by atoms with Gasteiger partial charge in [0.15, 0.2) is 5.75 Å². The number of carbonyl (C=O) groups excluding carboxylic acids is 1. The van der Waals surface area contributed by atoms with E-state index in [1.807, 2.05) is 24.3 Å². The van der Waals surface area contributed by atoms with Crippen molar-refractivity contribution in [2.24, 2.45) is 5.10 Å². The number of ether oxygens (including phenoxy) is 2. The monoisotopic (exact) mass is 523 g/mol. The standard InChI is InChI=1S/C26H19Cl2N3O5/c1-35-24-13-19-5-3-2-4-18(19)12-21(24)26(32)30-29-14-17-10-22(27)25(23(28)11-17)36-15-16-6-8-20(9-7-16)31(33)34/h2-14H,15H2,1H3,(H,30,32)/b29-14-. The number of rotatable bonds is 8. The molecule has 8 nitrogen and oxygen atoms in total. The Labute approximate surface area is 216 Å². The van der Waals surface area contributed by atoms with E-state index in [0.29, 0.717) is 22.4 Å². The Balaban J connectivity index is 1.43. The summed E-state index contributed by atoms with van der Waals surface area (Å²) in [6, 6.07) is 20.3. The first kappa shape index (κ1) is 25.0. The summed E-state index contributed by atoms with van der Waals surface area (Å²) >= 11 is 12.7. The number of non-ortho nitro benzene ring substituents is 1. The molecule has 0 radical (unpaired) electrons. The lowest BCUT2D eigenvalue weighted by atomic mass is 10.1. The molecule has 0 spiro atoms. The quantitative estimate of drug-likeness (QED) is 0.163. The number of hydrogen-bond donors (Lipinski definition) is 1. The van der Waals surface area contributed by atoms with Gasteiger partial charge < -0.3 is 9.47 Å². The van der Waals surface area contributed by atoms with Crippen LogP contribution < -0.4 is 14.9 Å². The molecule has 4 rings (SSSR count). The number of halogens is 2. The second-order valence-corrected chi connectivity index (χ2v) is 8.44. The highest BCUT2D eigenvalue weighted by Crippen LogP contribution is 2.34. The normalized spacial score (nSPS) is 11.0. The third-order valence-electron chi connectivity index (χ3n) is 5.24. The Morgan fingerprint density at radius 2 is 1.67 bits per heavy atom. The van der Waals surface area contributed by atoms with E-state index in [2.05, 4.69) is 10.5 Å². The summed E-state index contributed by atoms with van der Waals surface area (Å²) in [4.78, 5) is 23.0. The summed E-state index contributed by atoms with van der Waals surface area (Å²) < 4.78 is 11.1. The van der Waals surface area contributed by atoms with E-state index in [4.69, 9.17) is 32.7 Å². The van der Waals surface area contributed by atoms with Gasteiger partial charge in [-0.2, -0.15) is 5.10 Å². The number of nitro groups is 1. The molecule has 0 aliphatic heterocycles. The molecule has 0 heterocycles. The van der Waals surface area contributed by atoms with Gasteiger partial charge in [0.2, 0.25) is 0 Å².